The molecule has 4 nitrogen and oxygen atoms in total. The van der Waals surface area contributed by atoms with E-state index in [0.717, 1.165) is 12.0 Å². The van der Waals surface area contributed by atoms with E-state index >= 15 is 0 Å². The topological polar surface area (TPSA) is 44.8 Å². The predicted octanol–water partition coefficient (Wildman–Crippen LogP) is 4.90. The molecule has 0 N–H and O–H groups in total. The molecule has 0 amide bonds. The second kappa shape index (κ2) is 9.93. The molecule has 0 radical (unpaired) electrons. The number of rotatable bonds is 9. The Morgan fingerprint density at radius 3 is 2.16 bits per heavy atom. The second-order valence-electron chi connectivity index (χ2n) is 8.29. The highest BCUT2D eigenvalue weighted by Gasteiger charge is 2.19. The van der Waals surface area contributed by atoms with Crippen molar-refractivity contribution in [1.82, 2.24) is 0 Å². The first-order valence-corrected chi connectivity index (χ1v) is 9.06. The minimum atomic E-state index is -0.452. The SMILES string of the molecule is CC(C)(C)OCCC(CCC(=O)OC(C)(C)C)OCc1ccccc1. The maximum absolute atomic E-state index is 12.0. The molecular weight excluding hydrogens is 316 g/mol. The Hall–Kier alpha value is -1.39. The molecule has 0 bridgehead atoms. The van der Waals surface area contributed by atoms with Crippen LogP contribution < -0.4 is 0 Å². The quantitative estimate of drug-likeness (QED) is 0.594. The molecule has 0 heterocycles. The standard InChI is InChI=1S/C21H34O4/c1-20(2,3)24-15-14-18(12-13-19(22)25-21(4,5)6)23-16-17-10-8-7-9-11-17/h7-11,18H,12-16H2,1-6H3. The van der Waals surface area contributed by atoms with Gasteiger partial charge in [-0.05, 0) is 59.9 Å². The van der Waals surface area contributed by atoms with E-state index in [0.29, 0.717) is 26.1 Å². The van der Waals surface area contributed by atoms with Gasteiger partial charge in [0, 0.05) is 13.0 Å². The molecule has 0 aromatic heterocycles. The van der Waals surface area contributed by atoms with E-state index in [-0.39, 0.29) is 17.7 Å². The molecule has 1 aromatic rings. The van der Waals surface area contributed by atoms with Crippen LogP contribution in [0.1, 0.15) is 66.4 Å². The van der Waals surface area contributed by atoms with Gasteiger partial charge in [-0.2, -0.15) is 0 Å². The summed E-state index contributed by atoms with van der Waals surface area (Å²) in [4.78, 5) is 12.0. The highest BCUT2D eigenvalue weighted by molar-refractivity contribution is 5.69. The lowest BCUT2D eigenvalue weighted by molar-refractivity contribution is -0.155. The third kappa shape index (κ3) is 11.7. The van der Waals surface area contributed by atoms with Crippen LogP contribution in [0.4, 0.5) is 0 Å². The molecule has 0 aliphatic rings. The maximum Gasteiger partial charge on any atom is 0.306 e. The van der Waals surface area contributed by atoms with Crippen molar-refractivity contribution in [1.29, 1.82) is 0 Å². The molecular formula is C21H34O4. The van der Waals surface area contributed by atoms with Crippen molar-refractivity contribution in [3.8, 4) is 0 Å². The fourth-order valence-corrected chi connectivity index (χ4v) is 2.27. The largest absolute Gasteiger partial charge is 0.460 e. The first-order valence-electron chi connectivity index (χ1n) is 9.06. The van der Waals surface area contributed by atoms with Gasteiger partial charge in [-0.25, -0.2) is 0 Å². The summed E-state index contributed by atoms with van der Waals surface area (Å²) in [5, 5.41) is 0. The lowest BCUT2D eigenvalue weighted by atomic mass is 10.1. The molecule has 0 spiro atoms. The van der Waals surface area contributed by atoms with Gasteiger partial charge in [0.1, 0.15) is 5.60 Å². The Morgan fingerprint density at radius 1 is 0.960 bits per heavy atom. The molecule has 0 saturated heterocycles. The monoisotopic (exact) mass is 350 g/mol. The number of ether oxygens (including phenoxy) is 3. The number of carbonyl (C=O) groups excluding carboxylic acids is 1. The molecule has 4 heteroatoms. The van der Waals surface area contributed by atoms with Crippen molar-refractivity contribution in [3.05, 3.63) is 35.9 Å². The van der Waals surface area contributed by atoms with Crippen molar-refractivity contribution in [2.45, 2.75) is 84.7 Å². The summed E-state index contributed by atoms with van der Waals surface area (Å²) in [6.45, 7) is 12.9. The van der Waals surface area contributed by atoms with Crippen molar-refractivity contribution < 1.29 is 19.0 Å². The number of hydrogen-bond acceptors (Lipinski definition) is 4. The molecule has 142 valence electrons. The van der Waals surface area contributed by atoms with E-state index in [1.807, 2.05) is 71.9 Å². The van der Waals surface area contributed by atoms with Gasteiger partial charge >= 0.3 is 5.97 Å². The maximum atomic E-state index is 12.0. The van der Waals surface area contributed by atoms with Crippen molar-refractivity contribution in [3.63, 3.8) is 0 Å². The van der Waals surface area contributed by atoms with Crippen LogP contribution in [0.25, 0.3) is 0 Å². The number of hydrogen-bond donors (Lipinski definition) is 0. The lowest BCUT2D eigenvalue weighted by Crippen LogP contribution is -2.26. The Labute approximate surface area is 152 Å². The van der Waals surface area contributed by atoms with E-state index in [4.69, 9.17) is 14.2 Å². The van der Waals surface area contributed by atoms with E-state index in [1.54, 1.807) is 0 Å². The average Bonchev–Trinajstić information content (AvgIpc) is 2.47. The number of carbonyl (C=O) groups is 1. The predicted molar refractivity (Wildman–Crippen MR) is 100 cm³/mol. The molecule has 25 heavy (non-hydrogen) atoms. The Morgan fingerprint density at radius 2 is 1.60 bits per heavy atom. The van der Waals surface area contributed by atoms with Gasteiger partial charge in [0.15, 0.2) is 0 Å². The molecule has 1 aromatic carbocycles. The van der Waals surface area contributed by atoms with Crippen LogP contribution in [0, 0.1) is 0 Å². The highest BCUT2D eigenvalue weighted by atomic mass is 16.6. The summed E-state index contributed by atoms with van der Waals surface area (Å²) >= 11 is 0. The highest BCUT2D eigenvalue weighted by Crippen LogP contribution is 2.16. The second-order valence-corrected chi connectivity index (χ2v) is 8.29. The Bertz CT molecular complexity index is 497. The lowest BCUT2D eigenvalue weighted by Gasteiger charge is -2.24. The molecule has 1 rings (SSSR count). The average molecular weight is 350 g/mol. The summed E-state index contributed by atoms with van der Waals surface area (Å²) in [6, 6.07) is 10.1. The molecule has 0 saturated carbocycles. The third-order valence-electron chi connectivity index (χ3n) is 3.39. The van der Waals surface area contributed by atoms with Crippen LogP contribution in [0.5, 0.6) is 0 Å². The van der Waals surface area contributed by atoms with Crippen molar-refractivity contribution in [2.75, 3.05) is 6.61 Å². The fraction of sp³-hybridized carbons (Fsp3) is 0.667. The zero-order chi connectivity index (χ0) is 18.9. The van der Waals surface area contributed by atoms with Crippen LogP contribution in [-0.2, 0) is 25.6 Å². The Balaban J connectivity index is 2.50. The van der Waals surface area contributed by atoms with E-state index in [2.05, 4.69) is 0 Å². The first-order chi connectivity index (χ1) is 11.6. The van der Waals surface area contributed by atoms with Gasteiger partial charge in [0.25, 0.3) is 0 Å². The van der Waals surface area contributed by atoms with Crippen molar-refractivity contribution >= 4 is 5.97 Å². The zero-order valence-corrected chi connectivity index (χ0v) is 16.6. The van der Waals surface area contributed by atoms with Gasteiger partial charge in [-0.3, -0.25) is 4.79 Å². The molecule has 1 atom stereocenters. The summed E-state index contributed by atoms with van der Waals surface area (Å²) in [5.74, 6) is -0.183. The van der Waals surface area contributed by atoms with E-state index in [1.165, 1.54) is 0 Å². The van der Waals surface area contributed by atoms with E-state index < -0.39 is 5.60 Å². The normalized spacial score (nSPS) is 13.5. The zero-order valence-electron chi connectivity index (χ0n) is 16.6. The summed E-state index contributed by atoms with van der Waals surface area (Å²) in [6.07, 6.45) is 1.71. The van der Waals surface area contributed by atoms with Gasteiger partial charge < -0.3 is 14.2 Å². The van der Waals surface area contributed by atoms with Crippen LogP contribution in [0.2, 0.25) is 0 Å². The smallest absolute Gasteiger partial charge is 0.306 e. The number of esters is 1. The van der Waals surface area contributed by atoms with Gasteiger partial charge in [0.05, 0.1) is 18.3 Å². The van der Waals surface area contributed by atoms with Crippen molar-refractivity contribution in [2.24, 2.45) is 0 Å². The van der Waals surface area contributed by atoms with Gasteiger partial charge in [-0.15, -0.1) is 0 Å². The minimum absolute atomic E-state index is 0.0323. The van der Waals surface area contributed by atoms with Crippen LogP contribution in [-0.4, -0.2) is 29.9 Å². The van der Waals surface area contributed by atoms with Gasteiger partial charge in [0.2, 0.25) is 0 Å². The van der Waals surface area contributed by atoms with Crippen LogP contribution in [0.15, 0.2) is 30.3 Å². The first kappa shape index (κ1) is 21.7. The van der Waals surface area contributed by atoms with E-state index in [9.17, 15) is 4.79 Å². The fourth-order valence-electron chi connectivity index (χ4n) is 2.27. The Kier molecular flexibility index (Phi) is 8.60. The van der Waals surface area contributed by atoms with Gasteiger partial charge in [-0.1, -0.05) is 30.3 Å². The third-order valence-corrected chi connectivity index (χ3v) is 3.39. The number of benzene rings is 1. The van der Waals surface area contributed by atoms with Crippen LogP contribution >= 0.6 is 0 Å². The summed E-state index contributed by atoms with van der Waals surface area (Å²) in [7, 11) is 0. The molecule has 1 unspecified atom stereocenters. The molecule has 0 aliphatic carbocycles. The molecule has 0 aliphatic heterocycles. The minimum Gasteiger partial charge on any atom is -0.460 e. The van der Waals surface area contributed by atoms with Crippen LogP contribution in [0.3, 0.4) is 0 Å². The summed E-state index contributed by atoms with van der Waals surface area (Å²) < 4.78 is 17.2. The molecule has 0 fully saturated rings. The summed E-state index contributed by atoms with van der Waals surface area (Å²) in [5.41, 5.74) is 0.503.